The smallest absolute Gasteiger partial charge is 0.319 e. The van der Waals surface area contributed by atoms with Crippen LogP contribution in [0.3, 0.4) is 0 Å². The summed E-state index contributed by atoms with van der Waals surface area (Å²) < 4.78 is 20.2. The van der Waals surface area contributed by atoms with E-state index in [4.69, 9.17) is 14.2 Å². The number of aromatic nitrogens is 2. The first-order valence-corrected chi connectivity index (χ1v) is 19.9. The Kier molecular flexibility index (Phi) is 8.56. The Morgan fingerprint density at radius 1 is 1.06 bits per heavy atom. The zero-order valence-electron chi connectivity index (χ0n) is 32.5. The molecule has 4 aromatic rings. The number of benzene rings is 2. The van der Waals surface area contributed by atoms with Crippen molar-refractivity contribution in [3.8, 4) is 5.75 Å². The molecule has 0 spiro atoms. The van der Waals surface area contributed by atoms with Gasteiger partial charge in [-0.15, -0.1) is 0 Å². The minimum atomic E-state index is -1.17. The van der Waals surface area contributed by atoms with Gasteiger partial charge in [-0.2, -0.15) is 0 Å². The number of rotatable bonds is 6. The summed E-state index contributed by atoms with van der Waals surface area (Å²) in [5.41, 5.74) is 7.00. The van der Waals surface area contributed by atoms with Gasteiger partial charge < -0.3 is 34.2 Å². The van der Waals surface area contributed by atoms with Crippen molar-refractivity contribution in [3.63, 3.8) is 0 Å². The molecular weight excluding hydrogens is 681 g/mol. The highest BCUT2D eigenvalue weighted by Crippen LogP contribution is 2.57. The lowest BCUT2D eigenvalue weighted by Crippen LogP contribution is -2.63. The van der Waals surface area contributed by atoms with Gasteiger partial charge in [0.05, 0.1) is 33.5 Å². The molecule has 10 nitrogen and oxygen atoms in total. The predicted molar refractivity (Wildman–Crippen MR) is 208 cm³/mol. The number of piperidine rings is 1. The Morgan fingerprint density at radius 3 is 2.57 bits per heavy atom. The molecule has 2 aromatic heterocycles. The van der Waals surface area contributed by atoms with E-state index in [1.54, 1.807) is 14.2 Å². The van der Waals surface area contributed by atoms with Crippen molar-refractivity contribution < 1.29 is 28.9 Å². The van der Waals surface area contributed by atoms with Crippen molar-refractivity contribution in [1.82, 2.24) is 19.8 Å². The van der Waals surface area contributed by atoms with Crippen molar-refractivity contribution in [2.45, 2.75) is 82.3 Å². The average molecular weight is 735 g/mol. The fourth-order valence-electron chi connectivity index (χ4n) is 12.5. The molecule has 2 aromatic carbocycles. The number of nitrogens with zero attached hydrogens (tertiary/aromatic N) is 2. The van der Waals surface area contributed by atoms with E-state index >= 15 is 0 Å². The van der Waals surface area contributed by atoms with Crippen LogP contribution in [0.4, 0.5) is 0 Å². The summed E-state index contributed by atoms with van der Waals surface area (Å²) in [7, 11) is 6.79. The molecule has 9 rings (SSSR count). The largest absolute Gasteiger partial charge is 0.496 e. The molecule has 4 bridgehead atoms. The van der Waals surface area contributed by atoms with Crippen molar-refractivity contribution in [1.29, 1.82) is 0 Å². The first-order chi connectivity index (χ1) is 26.2. The van der Waals surface area contributed by atoms with E-state index in [0.717, 1.165) is 94.4 Å². The lowest BCUT2D eigenvalue weighted by atomic mass is 9.58. The normalized spacial score (nSPS) is 32.5. The molecule has 3 N–H and O–H groups in total. The zero-order valence-corrected chi connectivity index (χ0v) is 32.5. The van der Waals surface area contributed by atoms with Crippen LogP contribution in [0.1, 0.15) is 73.5 Å². The molecule has 0 amide bonds. The van der Waals surface area contributed by atoms with E-state index < -0.39 is 10.8 Å². The Balaban J connectivity index is 1.32. The molecule has 10 heteroatoms. The second-order valence-electron chi connectivity index (χ2n) is 16.8. The molecule has 5 heterocycles. The Labute approximate surface area is 317 Å². The summed E-state index contributed by atoms with van der Waals surface area (Å²) in [5.74, 6) is 0.546. The highest BCUT2D eigenvalue weighted by Gasteiger charge is 2.61. The van der Waals surface area contributed by atoms with Gasteiger partial charge in [-0.1, -0.05) is 43.2 Å². The second-order valence-corrected chi connectivity index (χ2v) is 16.8. The third-order valence-electron chi connectivity index (χ3n) is 14.7. The van der Waals surface area contributed by atoms with Gasteiger partial charge in [0.25, 0.3) is 0 Å². The number of aliphatic hydroxyl groups excluding tert-OH is 1. The van der Waals surface area contributed by atoms with Gasteiger partial charge in [-0.05, 0) is 87.7 Å². The molecule has 3 aliphatic heterocycles. The fraction of sp³-hybridized carbons (Fsp3) is 0.545. The van der Waals surface area contributed by atoms with Gasteiger partial charge >= 0.3 is 11.9 Å². The molecule has 2 fully saturated rings. The van der Waals surface area contributed by atoms with Crippen LogP contribution in [0.15, 0.2) is 48.0 Å². The molecule has 0 unspecified atom stereocenters. The number of carbonyl (C=O) groups is 2. The van der Waals surface area contributed by atoms with Crippen LogP contribution in [0.2, 0.25) is 0 Å². The minimum Gasteiger partial charge on any atom is -0.496 e. The van der Waals surface area contributed by atoms with E-state index in [1.165, 1.54) is 12.7 Å². The standard InChI is InChI=1S/C44H54N4O6/c1-7-25-15-24-20-43(41(50)53-5)39(25)45-14-13-28-29-16-30(36(52-4)19-35(29)48(21-24)40(28)43)31-17-33-26(8-2)22-47(3)37(44(33,23-49)42(51)54-6)18-32-27-11-9-10-12-34(27)46-38(31)32/h8-12,16,19,24-25,31,33,37,39,45-46,49H,7,13-15,17-18,20-23H2,1-6H3/b26-8-/t24-,25+,31-,33+,37-,39+,43-,44-/m0/s1. The summed E-state index contributed by atoms with van der Waals surface area (Å²) >= 11 is 0. The maximum absolute atomic E-state index is 14.3. The highest BCUT2D eigenvalue weighted by atomic mass is 16.5. The van der Waals surface area contributed by atoms with Crippen molar-refractivity contribution in [2.75, 3.05) is 48.1 Å². The number of methoxy groups -OCH3 is 3. The quantitative estimate of drug-likeness (QED) is 0.173. The van der Waals surface area contributed by atoms with E-state index in [9.17, 15) is 14.7 Å². The number of ether oxygens (including phenoxy) is 3. The van der Waals surface area contributed by atoms with Crippen LogP contribution in [0.5, 0.6) is 5.75 Å². The second kappa shape index (κ2) is 13.0. The third kappa shape index (κ3) is 4.62. The summed E-state index contributed by atoms with van der Waals surface area (Å²) in [4.78, 5) is 34.6. The lowest BCUT2D eigenvalue weighted by Gasteiger charge is -2.53. The van der Waals surface area contributed by atoms with Crippen LogP contribution >= 0.6 is 0 Å². The van der Waals surface area contributed by atoms with Gasteiger partial charge in [-0.3, -0.25) is 14.5 Å². The number of nitrogens with one attached hydrogen (secondary N) is 2. The van der Waals surface area contributed by atoms with Crippen LogP contribution in [-0.2, 0) is 43.9 Å². The van der Waals surface area contributed by atoms with Gasteiger partial charge in [0.2, 0.25) is 0 Å². The molecule has 54 heavy (non-hydrogen) atoms. The van der Waals surface area contributed by atoms with E-state index in [0.29, 0.717) is 31.2 Å². The molecule has 1 saturated carbocycles. The van der Waals surface area contributed by atoms with E-state index in [2.05, 4.69) is 76.2 Å². The number of esters is 2. The highest BCUT2D eigenvalue weighted by molar-refractivity contribution is 5.94. The Bertz CT molecular complexity index is 2200. The molecular formula is C44H54N4O6. The first kappa shape index (κ1) is 35.6. The maximum atomic E-state index is 14.3. The van der Waals surface area contributed by atoms with E-state index in [1.807, 2.05) is 6.92 Å². The number of likely N-dealkylation sites (tertiary alicyclic amines) is 1. The number of aromatic amines is 1. The van der Waals surface area contributed by atoms with Gasteiger partial charge in [0.15, 0.2) is 0 Å². The summed E-state index contributed by atoms with van der Waals surface area (Å²) in [5, 5.41) is 17.6. The van der Waals surface area contributed by atoms with Crippen molar-refractivity contribution >= 4 is 33.7 Å². The van der Waals surface area contributed by atoms with Gasteiger partial charge in [0, 0.05) is 76.3 Å². The summed E-state index contributed by atoms with van der Waals surface area (Å²) in [6.45, 7) is 6.32. The predicted octanol–water partition coefficient (Wildman–Crippen LogP) is 5.61. The van der Waals surface area contributed by atoms with Crippen LogP contribution in [-0.4, -0.2) is 91.7 Å². The molecule has 2 aliphatic carbocycles. The van der Waals surface area contributed by atoms with Gasteiger partial charge in [-0.25, -0.2) is 0 Å². The van der Waals surface area contributed by atoms with Crippen molar-refractivity contribution in [3.05, 3.63) is 76.1 Å². The van der Waals surface area contributed by atoms with Crippen molar-refractivity contribution in [2.24, 2.45) is 23.2 Å². The first-order valence-electron chi connectivity index (χ1n) is 19.9. The van der Waals surface area contributed by atoms with Crippen LogP contribution in [0.25, 0.3) is 21.8 Å². The van der Waals surface area contributed by atoms with Gasteiger partial charge in [0.1, 0.15) is 16.6 Å². The molecule has 8 atom stereocenters. The number of hydrogen-bond acceptors (Lipinski definition) is 8. The number of carbonyl (C=O) groups excluding carboxylic acids is 2. The summed E-state index contributed by atoms with van der Waals surface area (Å²) in [6.07, 6.45) is 6.96. The van der Waals surface area contributed by atoms with Crippen LogP contribution in [0, 0.1) is 23.2 Å². The zero-order chi connectivity index (χ0) is 37.7. The number of fused-ring (bicyclic) bond motifs is 9. The van der Waals surface area contributed by atoms with E-state index in [-0.39, 0.29) is 42.5 Å². The number of hydrogen-bond donors (Lipinski definition) is 3. The summed E-state index contributed by atoms with van der Waals surface area (Å²) in [6, 6.07) is 12.7. The molecule has 0 radical (unpaired) electrons. The topological polar surface area (TPSA) is 118 Å². The monoisotopic (exact) mass is 734 g/mol. The molecule has 1 saturated heterocycles. The Morgan fingerprint density at radius 2 is 1.85 bits per heavy atom. The molecule has 286 valence electrons. The molecule has 5 aliphatic rings. The minimum absolute atomic E-state index is 0.0123. The number of likely N-dealkylation sites (N-methyl/N-ethyl adjacent to an activating group) is 1. The number of allylic oxidation sites excluding steroid dienone is 1. The Hall–Kier alpha value is -4.12. The fourth-order valence-corrected chi connectivity index (χ4v) is 12.5. The SMILES string of the molecule is C/C=C1/CN(C)[C@H]2Cc3c([nH]c4ccccc34)[C@H](c3cc4c5c6n(c4cc3OC)C[C@H]3C[C@@H](CC)[C@@H](NCC5)[C@@]6(C(=O)OC)C3)C[C@H]1[C@]2(CO)C(=O)OC. The maximum Gasteiger partial charge on any atom is 0.319 e. The third-order valence-corrected chi connectivity index (χ3v) is 14.7. The van der Waals surface area contributed by atoms with Crippen LogP contribution < -0.4 is 10.1 Å². The number of para-hydroxylation sites is 1. The average Bonchev–Trinajstić information content (AvgIpc) is 3.62. The number of H-pyrrole nitrogens is 1. The lowest BCUT2D eigenvalue weighted by molar-refractivity contribution is -0.169. The number of aliphatic hydroxyl groups is 1.